The summed E-state index contributed by atoms with van der Waals surface area (Å²) < 4.78 is 6.04. The van der Waals surface area contributed by atoms with Crippen LogP contribution in [0.4, 0.5) is 0 Å². The molecule has 0 amide bonds. The van der Waals surface area contributed by atoms with Gasteiger partial charge >= 0.3 is 0 Å². The van der Waals surface area contributed by atoms with Crippen molar-refractivity contribution in [3.63, 3.8) is 0 Å². The van der Waals surface area contributed by atoms with Crippen molar-refractivity contribution in [1.29, 1.82) is 0 Å². The van der Waals surface area contributed by atoms with Crippen molar-refractivity contribution in [1.82, 2.24) is 0 Å². The lowest BCUT2D eigenvalue weighted by molar-refractivity contribution is 0.257. The molecule has 0 aromatic heterocycles. The van der Waals surface area contributed by atoms with Gasteiger partial charge in [-0.15, -0.1) is 0 Å². The molecular weight excluding hydrogens is 244 g/mol. The second-order valence-electron chi connectivity index (χ2n) is 4.66. The van der Waals surface area contributed by atoms with E-state index in [-0.39, 0.29) is 6.10 Å². The molecule has 0 spiro atoms. The second kappa shape index (κ2) is 5.62. The zero-order chi connectivity index (χ0) is 13.8. The molecule has 1 atom stereocenters. The largest absolute Gasteiger partial charge is 0.482 e. The first-order valence-corrected chi connectivity index (χ1v) is 6.70. The number of hydrogen-bond donors (Lipinski definition) is 0. The standard InChI is InChI=1S/C19H16O/c1-2-19(20-16-11-4-3-5-12-16)18-14-8-10-15-9-6-7-13-17(15)18/h2-14,19H,1H2. The highest BCUT2D eigenvalue weighted by Gasteiger charge is 2.12. The topological polar surface area (TPSA) is 9.23 Å². The molecule has 3 aromatic rings. The maximum absolute atomic E-state index is 6.04. The van der Waals surface area contributed by atoms with Gasteiger partial charge in [-0.05, 0) is 29.0 Å². The van der Waals surface area contributed by atoms with Crippen LogP contribution in [0.25, 0.3) is 10.8 Å². The maximum Gasteiger partial charge on any atom is 0.142 e. The summed E-state index contributed by atoms with van der Waals surface area (Å²) in [4.78, 5) is 0. The van der Waals surface area contributed by atoms with Crippen LogP contribution >= 0.6 is 0 Å². The molecule has 0 aliphatic carbocycles. The van der Waals surface area contributed by atoms with Crippen LogP contribution in [-0.2, 0) is 0 Å². The third-order valence-corrected chi connectivity index (χ3v) is 3.35. The number of hydrogen-bond acceptors (Lipinski definition) is 1. The highest BCUT2D eigenvalue weighted by Crippen LogP contribution is 2.28. The Balaban J connectivity index is 2.01. The Bertz CT molecular complexity index is 711. The molecule has 1 nitrogen and oxygen atoms in total. The first-order valence-electron chi connectivity index (χ1n) is 6.70. The van der Waals surface area contributed by atoms with Crippen molar-refractivity contribution in [2.45, 2.75) is 6.10 Å². The molecule has 1 unspecified atom stereocenters. The van der Waals surface area contributed by atoms with E-state index in [1.807, 2.05) is 42.5 Å². The number of rotatable bonds is 4. The van der Waals surface area contributed by atoms with Gasteiger partial charge in [-0.3, -0.25) is 0 Å². The Kier molecular flexibility index (Phi) is 3.51. The Morgan fingerprint density at radius 3 is 2.30 bits per heavy atom. The minimum absolute atomic E-state index is 0.150. The monoisotopic (exact) mass is 260 g/mol. The zero-order valence-electron chi connectivity index (χ0n) is 11.2. The minimum Gasteiger partial charge on any atom is -0.482 e. The van der Waals surface area contributed by atoms with Gasteiger partial charge in [-0.1, -0.05) is 67.2 Å². The van der Waals surface area contributed by atoms with E-state index in [4.69, 9.17) is 4.74 Å². The molecule has 98 valence electrons. The van der Waals surface area contributed by atoms with E-state index in [0.29, 0.717) is 0 Å². The molecule has 1 heteroatoms. The summed E-state index contributed by atoms with van der Waals surface area (Å²) in [6, 6.07) is 24.4. The Morgan fingerprint density at radius 1 is 0.800 bits per heavy atom. The number of ether oxygens (including phenoxy) is 1. The molecule has 0 aliphatic rings. The summed E-state index contributed by atoms with van der Waals surface area (Å²) >= 11 is 0. The zero-order valence-corrected chi connectivity index (χ0v) is 11.2. The van der Waals surface area contributed by atoms with E-state index in [1.54, 1.807) is 0 Å². The molecular formula is C19H16O. The van der Waals surface area contributed by atoms with Gasteiger partial charge in [0, 0.05) is 5.56 Å². The second-order valence-corrected chi connectivity index (χ2v) is 4.66. The van der Waals surface area contributed by atoms with Crippen LogP contribution in [0.2, 0.25) is 0 Å². The van der Waals surface area contributed by atoms with Crippen LogP contribution in [0.1, 0.15) is 11.7 Å². The molecule has 0 radical (unpaired) electrons. The van der Waals surface area contributed by atoms with Crippen LogP contribution in [0.15, 0.2) is 85.5 Å². The lowest BCUT2D eigenvalue weighted by atomic mass is 10.0. The third-order valence-electron chi connectivity index (χ3n) is 3.35. The van der Waals surface area contributed by atoms with Crippen LogP contribution in [0, 0.1) is 0 Å². The smallest absolute Gasteiger partial charge is 0.142 e. The van der Waals surface area contributed by atoms with Gasteiger partial charge in [0.25, 0.3) is 0 Å². The molecule has 0 N–H and O–H groups in total. The highest BCUT2D eigenvalue weighted by atomic mass is 16.5. The minimum atomic E-state index is -0.150. The maximum atomic E-state index is 6.04. The van der Waals surface area contributed by atoms with Gasteiger partial charge in [0.2, 0.25) is 0 Å². The predicted octanol–water partition coefficient (Wildman–Crippen LogP) is 5.15. The van der Waals surface area contributed by atoms with Crippen molar-refractivity contribution < 1.29 is 4.74 Å². The van der Waals surface area contributed by atoms with E-state index < -0.39 is 0 Å². The fourth-order valence-corrected chi connectivity index (χ4v) is 2.38. The molecule has 0 aliphatic heterocycles. The molecule has 0 fully saturated rings. The summed E-state index contributed by atoms with van der Waals surface area (Å²) in [5, 5.41) is 2.42. The average Bonchev–Trinajstić information content (AvgIpc) is 2.53. The van der Waals surface area contributed by atoms with Gasteiger partial charge in [-0.25, -0.2) is 0 Å². The van der Waals surface area contributed by atoms with E-state index in [9.17, 15) is 0 Å². The van der Waals surface area contributed by atoms with Gasteiger partial charge in [0.1, 0.15) is 11.9 Å². The average molecular weight is 260 g/mol. The van der Waals surface area contributed by atoms with Gasteiger partial charge in [0.15, 0.2) is 0 Å². The molecule has 0 heterocycles. The summed E-state index contributed by atoms with van der Waals surface area (Å²) in [5.41, 5.74) is 1.14. The van der Waals surface area contributed by atoms with Crippen LogP contribution in [0.5, 0.6) is 5.75 Å². The number of para-hydroxylation sites is 1. The van der Waals surface area contributed by atoms with Gasteiger partial charge < -0.3 is 4.74 Å². The van der Waals surface area contributed by atoms with E-state index in [2.05, 4.69) is 43.0 Å². The van der Waals surface area contributed by atoms with Gasteiger partial charge in [-0.2, -0.15) is 0 Å². The SMILES string of the molecule is C=CC(Oc1ccccc1)c1cccc2ccccc12. The predicted molar refractivity (Wildman–Crippen MR) is 84.0 cm³/mol. The van der Waals surface area contributed by atoms with Crippen molar-refractivity contribution in [3.8, 4) is 5.75 Å². The van der Waals surface area contributed by atoms with Crippen molar-refractivity contribution in [2.75, 3.05) is 0 Å². The molecule has 0 saturated heterocycles. The number of benzene rings is 3. The third kappa shape index (κ3) is 2.43. The Labute approximate surface area is 119 Å². The van der Waals surface area contributed by atoms with Crippen molar-refractivity contribution >= 4 is 10.8 Å². The summed E-state index contributed by atoms with van der Waals surface area (Å²) in [6.45, 7) is 3.92. The van der Waals surface area contributed by atoms with Crippen LogP contribution in [-0.4, -0.2) is 0 Å². The van der Waals surface area contributed by atoms with Crippen LogP contribution < -0.4 is 4.74 Å². The summed E-state index contributed by atoms with van der Waals surface area (Å²) in [6.07, 6.45) is 1.69. The summed E-state index contributed by atoms with van der Waals surface area (Å²) in [5.74, 6) is 0.852. The van der Waals surface area contributed by atoms with Crippen molar-refractivity contribution in [2.24, 2.45) is 0 Å². The first-order chi connectivity index (χ1) is 9.88. The van der Waals surface area contributed by atoms with E-state index in [1.165, 1.54) is 10.8 Å². The first kappa shape index (κ1) is 12.5. The molecule has 3 rings (SSSR count). The Hall–Kier alpha value is -2.54. The Morgan fingerprint density at radius 2 is 1.50 bits per heavy atom. The van der Waals surface area contributed by atoms with Crippen molar-refractivity contribution in [3.05, 3.63) is 91.0 Å². The fourth-order valence-electron chi connectivity index (χ4n) is 2.38. The normalized spacial score (nSPS) is 12.0. The van der Waals surface area contributed by atoms with E-state index in [0.717, 1.165) is 11.3 Å². The lowest BCUT2D eigenvalue weighted by Gasteiger charge is -2.17. The molecule has 20 heavy (non-hydrogen) atoms. The highest BCUT2D eigenvalue weighted by molar-refractivity contribution is 5.86. The van der Waals surface area contributed by atoms with Crippen LogP contribution in [0.3, 0.4) is 0 Å². The summed E-state index contributed by atoms with van der Waals surface area (Å²) in [7, 11) is 0. The number of fused-ring (bicyclic) bond motifs is 1. The molecule has 3 aromatic carbocycles. The van der Waals surface area contributed by atoms with E-state index >= 15 is 0 Å². The quantitative estimate of drug-likeness (QED) is 0.590. The van der Waals surface area contributed by atoms with Gasteiger partial charge in [0.05, 0.1) is 0 Å². The molecule has 0 saturated carbocycles. The fraction of sp³-hybridized carbons (Fsp3) is 0.0526. The molecule has 0 bridgehead atoms. The lowest BCUT2D eigenvalue weighted by Crippen LogP contribution is -2.05.